The molecule has 0 aliphatic carbocycles. The number of aryl methyl sites for hydroxylation is 4. The summed E-state index contributed by atoms with van der Waals surface area (Å²) in [5, 5.41) is 8.68. The second kappa shape index (κ2) is 5.38. The number of hydrogen-bond donors (Lipinski definition) is 0. The Hall–Kier alpha value is -1.91. The fourth-order valence-electron chi connectivity index (χ4n) is 2.24. The van der Waals surface area contributed by atoms with Crippen LogP contribution in [0.2, 0.25) is 0 Å². The molecule has 2 rings (SSSR count). The average Bonchev–Trinajstić information content (AvgIpc) is 2.92. The van der Waals surface area contributed by atoms with E-state index in [0.717, 1.165) is 30.0 Å². The van der Waals surface area contributed by atoms with E-state index in [2.05, 4.69) is 17.1 Å². The number of carbonyl (C=O) groups is 1. The number of nitrogens with zero attached hydrogens (tertiary/aromatic N) is 4. The normalized spacial score (nSPS) is 10.9. The molecular weight excluding hydrogens is 240 g/mol. The predicted octanol–water partition coefficient (Wildman–Crippen LogP) is 1.93. The summed E-state index contributed by atoms with van der Waals surface area (Å²) in [5.74, 6) is 0.0999. The summed E-state index contributed by atoms with van der Waals surface area (Å²) in [5.41, 5.74) is 3.50. The summed E-state index contributed by atoms with van der Waals surface area (Å²) in [7, 11) is 1.83. The maximum atomic E-state index is 12.3. The van der Waals surface area contributed by atoms with Crippen molar-refractivity contribution in [1.82, 2.24) is 19.6 Å². The maximum Gasteiger partial charge on any atom is 0.172 e. The zero-order valence-electron chi connectivity index (χ0n) is 12.0. The van der Waals surface area contributed by atoms with Gasteiger partial charge in [-0.15, -0.1) is 0 Å². The van der Waals surface area contributed by atoms with Gasteiger partial charge in [0.25, 0.3) is 0 Å². The van der Waals surface area contributed by atoms with Crippen molar-refractivity contribution in [2.24, 2.45) is 7.05 Å². The van der Waals surface area contributed by atoms with Crippen LogP contribution in [0.15, 0.2) is 12.3 Å². The molecule has 0 fully saturated rings. The lowest BCUT2D eigenvalue weighted by atomic mass is 10.1. The van der Waals surface area contributed by atoms with Crippen LogP contribution >= 0.6 is 0 Å². The zero-order valence-corrected chi connectivity index (χ0v) is 12.0. The van der Waals surface area contributed by atoms with Gasteiger partial charge in [0.1, 0.15) is 0 Å². The highest BCUT2D eigenvalue weighted by Crippen LogP contribution is 2.12. The number of aromatic nitrogens is 4. The van der Waals surface area contributed by atoms with E-state index in [1.165, 1.54) is 0 Å². The van der Waals surface area contributed by atoms with Crippen molar-refractivity contribution >= 4 is 5.78 Å². The Kier molecular flexibility index (Phi) is 3.83. The first kappa shape index (κ1) is 13.5. The molecule has 19 heavy (non-hydrogen) atoms. The molecule has 0 N–H and O–H groups in total. The third kappa shape index (κ3) is 2.75. The van der Waals surface area contributed by atoms with Gasteiger partial charge in [-0.3, -0.25) is 14.2 Å². The lowest BCUT2D eigenvalue weighted by Gasteiger charge is -2.03. The molecule has 0 saturated heterocycles. The fraction of sp³-hybridized carbons (Fsp3) is 0.500. The maximum absolute atomic E-state index is 12.3. The quantitative estimate of drug-likeness (QED) is 0.772. The molecule has 0 aliphatic rings. The number of hydrogen-bond acceptors (Lipinski definition) is 3. The molecule has 0 saturated carbocycles. The van der Waals surface area contributed by atoms with E-state index in [9.17, 15) is 4.79 Å². The second-order valence-electron chi connectivity index (χ2n) is 4.70. The van der Waals surface area contributed by atoms with Gasteiger partial charge in [-0.1, -0.05) is 6.92 Å². The third-order valence-electron chi connectivity index (χ3n) is 3.23. The molecule has 0 unspecified atom stereocenters. The first-order valence-corrected chi connectivity index (χ1v) is 6.64. The van der Waals surface area contributed by atoms with E-state index in [1.807, 2.05) is 31.6 Å². The van der Waals surface area contributed by atoms with E-state index >= 15 is 0 Å². The molecule has 0 radical (unpaired) electrons. The number of carbonyl (C=O) groups excluding carboxylic acids is 1. The van der Waals surface area contributed by atoms with E-state index < -0.39 is 0 Å². The highest BCUT2D eigenvalue weighted by Gasteiger charge is 2.16. The molecule has 0 spiro atoms. The number of Topliss-reactive ketones (excluding diaryl/α,β-unsaturated/α-hetero) is 1. The standard InChI is InChI=1S/C14H20N4O/c1-5-11-7-12(18(6-2)16-11)8-14(19)13-9-17(4)15-10(13)3/h7,9H,5-6,8H2,1-4H3. The highest BCUT2D eigenvalue weighted by atomic mass is 16.1. The third-order valence-corrected chi connectivity index (χ3v) is 3.23. The smallest absolute Gasteiger partial charge is 0.172 e. The number of ketones is 1. The molecule has 2 heterocycles. The van der Waals surface area contributed by atoms with Gasteiger partial charge in [-0.25, -0.2) is 0 Å². The topological polar surface area (TPSA) is 52.7 Å². The van der Waals surface area contributed by atoms with Gasteiger partial charge < -0.3 is 0 Å². The summed E-state index contributed by atoms with van der Waals surface area (Å²) >= 11 is 0. The van der Waals surface area contributed by atoms with Crippen LogP contribution in [0.5, 0.6) is 0 Å². The first-order valence-electron chi connectivity index (χ1n) is 6.64. The van der Waals surface area contributed by atoms with Gasteiger partial charge in [0.05, 0.1) is 23.4 Å². The van der Waals surface area contributed by atoms with Crippen molar-refractivity contribution in [3.8, 4) is 0 Å². The molecule has 102 valence electrons. The van der Waals surface area contributed by atoms with Crippen LogP contribution in [-0.2, 0) is 26.4 Å². The Morgan fingerprint density at radius 2 is 2.05 bits per heavy atom. The van der Waals surface area contributed by atoms with Crippen LogP contribution in [0.3, 0.4) is 0 Å². The van der Waals surface area contributed by atoms with Crippen LogP contribution in [0.4, 0.5) is 0 Å². The van der Waals surface area contributed by atoms with Crippen LogP contribution in [-0.4, -0.2) is 25.3 Å². The Morgan fingerprint density at radius 3 is 2.58 bits per heavy atom. The van der Waals surface area contributed by atoms with Gasteiger partial charge in [-0.05, 0) is 26.3 Å². The minimum atomic E-state index is 0.0999. The van der Waals surface area contributed by atoms with Crippen LogP contribution in [0.25, 0.3) is 0 Å². The minimum absolute atomic E-state index is 0.0999. The van der Waals surface area contributed by atoms with Crippen molar-refractivity contribution in [2.75, 3.05) is 0 Å². The first-order chi connectivity index (χ1) is 9.05. The van der Waals surface area contributed by atoms with Crippen molar-refractivity contribution in [1.29, 1.82) is 0 Å². The Bertz CT molecular complexity index is 595. The molecule has 2 aromatic heterocycles. The van der Waals surface area contributed by atoms with Crippen molar-refractivity contribution in [3.63, 3.8) is 0 Å². The van der Waals surface area contributed by atoms with Gasteiger partial charge in [-0.2, -0.15) is 10.2 Å². The lowest BCUT2D eigenvalue weighted by Crippen LogP contribution is -2.10. The monoisotopic (exact) mass is 260 g/mol. The van der Waals surface area contributed by atoms with E-state index in [0.29, 0.717) is 12.0 Å². The molecular formula is C14H20N4O. The second-order valence-corrected chi connectivity index (χ2v) is 4.70. The van der Waals surface area contributed by atoms with Gasteiger partial charge in [0.2, 0.25) is 0 Å². The highest BCUT2D eigenvalue weighted by molar-refractivity contribution is 5.98. The van der Waals surface area contributed by atoms with Gasteiger partial charge >= 0.3 is 0 Å². The van der Waals surface area contributed by atoms with E-state index in [-0.39, 0.29) is 5.78 Å². The Labute approximate surface area is 113 Å². The number of rotatable bonds is 5. The SMILES string of the molecule is CCc1cc(CC(=O)c2cn(C)nc2C)n(CC)n1. The van der Waals surface area contributed by atoms with Crippen LogP contribution in [0.1, 0.15) is 41.3 Å². The summed E-state index contributed by atoms with van der Waals surface area (Å²) in [6.07, 6.45) is 3.05. The van der Waals surface area contributed by atoms with Crippen molar-refractivity contribution in [2.45, 2.75) is 40.2 Å². The van der Waals surface area contributed by atoms with Crippen LogP contribution < -0.4 is 0 Å². The van der Waals surface area contributed by atoms with Gasteiger partial charge in [0.15, 0.2) is 5.78 Å². The minimum Gasteiger partial charge on any atom is -0.294 e. The molecule has 5 heteroatoms. The Morgan fingerprint density at radius 1 is 1.32 bits per heavy atom. The summed E-state index contributed by atoms with van der Waals surface area (Å²) < 4.78 is 3.58. The molecule has 0 aliphatic heterocycles. The van der Waals surface area contributed by atoms with Gasteiger partial charge in [0, 0.05) is 25.5 Å². The van der Waals surface area contributed by atoms with E-state index in [1.54, 1.807) is 10.9 Å². The molecule has 0 amide bonds. The fourth-order valence-corrected chi connectivity index (χ4v) is 2.24. The summed E-state index contributed by atoms with van der Waals surface area (Å²) in [6.45, 7) is 6.76. The van der Waals surface area contributed by atoms with Crippen LogP contribution in [0, 0.1) is 6.92 Å². The summed E-state index contributed by atoms with van der Waals surface area (Å²) in [4.78, 5) is 12.3. The van der Waals surface area contributed by atoms with E-state index in [4.69, 9.17) is 0 Å². The molecule has 5 nitrogen and oxygen atoms in total. The lowest BCUT2D eigenvalue weighted by molar-refractivity contribution is 0.0990. The average molecular weight is 260 g/mol. The molecule has 0 aromatic carbocycles. The molecule has 0 bridgehead atoms. The summed E-state index contributed by atoms with van der Waals surface area (Å²) in [6, 6.07) is 2.02. The molecule has 0 atom stereocenters. The van der Waals surface area contributed by atoms with Crippen molar-refractivity contribution < 1.29 is 4.79 Å². The van der Waals surface area contributed by atoms with Crippen molar-refractivity contribution in [3.05, 3.63) is 34.9 Å². The Balaban J connectivity index is 2.23. The predicted molar refractivity (Wildman–Crippen MR) is 73.3 cm³/mol. The molecule has 2 aromatic rings. The largest absolute Gasteiger partial charge is 0.294 e. The zero-order chi connectivity index (χ0) is 14.0.